The second kappa shape index (κ2) is 4.99. The minimum atomic E-state index is 0.346. The molecule has 1 N–H and O–H groups in total. The van der Waals surface area contributed by atoms with Gasteiger partial charge in [0.25, 0.3) is 0 Å². The predicted molar refractivity (Wildman–Crippen MR) is 70.2 cm³/mol. The van der Waals surface area contributed by atoms with Crippen LogP contribution in [0.5, 0.6) is 5.75 Å². The Bertz CT molecular complexity index is 377. The molecule has 0 bridgehead atoms. The summed E-state index contributed by atoms with van der Waals surface area (Å²) >= 11 is 3.87. The molecule has 0 unspecified atom stereocenters. The number of thioether (sulfide) groups is 2. The summed E-state index contributed by atoms with van der Waals surface area (Å²) in [5.41, 5.74) is 2.42. The molecule has 1 aliphatic heterocycles. The van der Waals surface area contributed by atoms with Crippen LogP contribution in [-0.2, 0) is 0 Å². The lowest BCUT2D eigenvalue weighted by molar-refractivity contribution is 0.475. The van der Waals surface area contributed by atoms with Crippen molar-refractivity contribution in [2.45, 2.75) is 13.3 Å². The standard InChI is InChI=1S/C12H14OS2/c1-9(12-14-6-3-7-15-12)10-4-2-5-11(13)8-10/h2,4-5,8,13H,3,6-7H2,1H3. The fourth-order valence-electron chi connectivity index (χ4n) is 1.50. The highest BCUT2D eigenvalue weighted by molar-refractivity contribution is 8.23. The Hall–Kier alpha value is -0.540. The van der Waals surface area contributed by atoms with Gasteiger partial charge in [-0.2, -0.15) is 0 Å². The van der Waals surface area contributed by atoms with Gasteiger partial charge in [0, 0.05) is 4.24 Å². The molecule has 1 nitrogen and oxygen atoms in total. The molecule has 1 heterocycles. The van der Waals surface area contributed by atoms with Gasteiger partial charge < -0.3 is 5.11 Å². The molecule has 0 amide bonds. The van der Waals surface area contributed by atoms with Crippen molar-refractivity contribution in [3.05, 3.63) is 34.1 Å². The van der Waals surface area contributed by atoms with Crippen LogP contribution in [0.1, 0.15) is 18.9 Å². The first-order valence-electron chi connectivity index (χ1n) is 5.03. The molecule has 1 fully saturated rings. The predicted octanol–water partition coefficient (Wildman–Crippen LogP) is 3.95. The SMILES string of the molecule is CC(=C1SCCCS1)c1cccc(O)c1. The Kier molecular flexibility index (Phi) is 3.65. The molecule has 1 aromatic rings. The summed E-state index contributed by atoms with van der Waals surface area (Å²) in [7, 11) is 0. The van der Waals surface area contributed by atoms with E-state index in [0.29, 0.717) is 5.75 Å². The maximum absolute atomic E-state index is 9.42. The van der Waals surface area contributed by atoms with Crippen molar-refractivity contribution in [3.63, 3.8) is 0 Å². The Labute approximate surface area is 99.0 Å². The van der Waals surface area contributed by atoms with E-state index in [1.165, 1.54) is 27.7 Å². The van der Waals surface area contributed by atoms with Crippen molar-refractivity contribution in [3.8, 4) is 5.75 Å². The van der Waals surface area contributed by atoms with Crippen molar-refractivity contribution in [2.75, 3.05) is 11.5 Å². The number of phenols is 1. The number of hydrogen-bond acceptors (Lipinski definition) is 3. The zero-order valence-electron chi connectivity index (χ0n) is 8.69. The van der Waals surface area contributed by atoms with Crippen LogP contribution in [0.15, 0.2) is 28.5 Å². The lowest BCUT2D eigenvalue weighted by atomic mass is 10.1. The zero-order valence-corrected chi connectivity index (χ0v) is 10.3. The molecule has 0 atom stereocenters. The highest BCUT2D eigenvalue weighted by Gasteiger charge is 2.11. The van der Waals surface area contributed by atoms with E-state index >= 15 is 0 Å². The minimum Gasteiger partial charge on any atom is -0.508 e. The summed E-state index contributed by atoms with van der Waals surface area (Å²) in [4.78, 5) is 0. The van der Waals surface area contributed by atoms with E-state index in [0.717, 1.165) is 5.56 Å². The average Bonchev–Trinajstić information content (AvgIpc) is 2.29. The molecule has 3 heteroatoms. The minimum absolute atomic E-state index is 0.346. The lowest BCUT2D eigenvalue weighted by Gasteiger charge is -2.16. The highest BCUT2D eigenvalue weighted by Crippen LogP contribution is 2.40. The first-order chi connectivity index (χ1) is 7.27. The van der Waals surface area contributed by atoms with Gasteiger partial charge in [-0.3, -0.25) is 0 Å². The van der Waals surface area contributed by atoms with Crippen LogP contribution in [0, 0.1) is 0 Å². The number of rotatable bonds is 1. The molecule has 0 spiro atoms. The highest BCUT2D eigenvalue weighted by atomic mass is 32.2. The molecule has 1 aliphatic rings. The van der Waals surface area contributed by atoms with Crippen molar-refractivity contribution >= 4 is 29.1 Å². The quantitative estimate of drug-likeness (QED) is 0.800. The van der Waals surface area contributed by atoms with Gasteiger partial charge in [0.15, 0.2) is 0 Å². The molecule has 80 valence electrons. The smallest absolute Gasteiger partial charge is 0.116 e. The van der Waals surface area contributed by atoms with Crippen LogP contribution in [0.4, 0.5) is 0 Å². The Balaban J connectivity index is 2.29. The van der Waals surface area contributed by atoms with E-state index in [1.807, 2.05) is 35.7 Å². The van der Waals surface area contributed by atoms with E-state index in [2.05, 4.69) is 13.0 Å². The summed E-state index contributed by atoms with van der Waals surface area (Å²) in [5.74, 6) is 2.79. The van der Waals surface area contributed by atoms with Gasteiger partial charge in [0.1, 0.15) is 5.75 Å². The first kappa shape index (κ1) is 11.0. The molecule has 1 aromatic carbocycles. The summed E-state index contributed by atoms with van der Waals surface area (Å²) in [5, 5.41) is 9.42. The molecule has 0 radical (unpaired) electrons. The fraction of sp³-hybridized carbons (Fsp3) is 0.333. The second-order valence-corrected chi connectivity index (χ2v) is 5.98. The molecule has 2 rings (SSSR count). The third-order valence-electron chi connectivity index (χ3n) is 2.34. The lowest BCUT2D eigenvalue weighted by Crippen LogP contribution is -1.94. The van der Waals surface area contributed by atoms with Crippen molar-refractivity contribution in [2.24, 2.45) is 0 Å². The molecule has 0 aromatic heterocycles. The van der Waals surface area contributed by atoms with Gasteiger partial charge in [-0.15, -0.1) is 23.5 Å². The number of phenolic OH excluding ortho intramolecular Hbond substituents is 1. The van der Waals surface area contributed by atoms with Crippen molar-refractivity contribution in [1.82, 2.24) is 0 Å². The van der Waals surface area contributed by atoms with Gasteiger partial charge >= 0.3 is 0 Å². The molecule has 15 heavy (non-hydrogen) atoms. The van der Waals surface area contributed by atoms with Crippen LogP contribution in [0.3, 0.4) is 0 Å². The molecule has 0 aliphatic carbocycles. The van der Waals surface area contributed by atoms with Gasteiger partial charge in [0.2, 0.25) is 0 Å². The van der Waals surface area contributed by atoms with E-state index in [9.17, 15) is 5.11 Å². The monoisotopic (exact) mass is 238 g/mol. The number of benzene rings is 1. The van der Waals surface area contributed by atoms with Crippen LogP contribution in [0.25, 0.3) is 5.57 Å². The van der Waals surface area contributed by atoms with Crippen LogP contribution < -0.4 is 0 Å². The normalized spacial score (nSPS) is 16.5. The number of aromatic hydroxyl groups is 1. The summed E-state index contributed by atoms with van der Waals surface area (Å²) in [6.45, 7) is 2.13. The molecular formula is C12H14OS2. The van der Waals surface area contributed by atoms with E-state index in [1.54, 1.807) is 6.07 Å². The van der Waals surface area contributed by atoms with E-state index in [4.69, 9.17) is 0 Å². The van der Waals surface area contributed by atoms with Gasteiger partial charge in [-0.1, -0.05) is 12.1 Å². The zero-order chi connectivity index (χ0) is 10.7. The Morgan fingerprint density at radius 1 is 1.27 bits per heavy atom. The van der Waals surface area contributed by atoms with Gasteiger partial charge in [-0.25, -0.2) is 0 Å². The summed E-state index contributed by atoms with van der Waals surface area (Å²) in [6, 6.07) is 7.49. The molecule has 0 saturated carbocycles. The third-order valence-corrected chi connectivity index (χ3v) is 5.17. The topological polar surface area (TPSA) is 20.2 Å². The Morgan fingerprint density at radius 2 is 2.00 bits per heavy atom. The molecule has 1 saturated heterocycles. The maximum atomic E-state index is 9.42. The van der Waals surface area contributed by atoms with E-state index < -0.39 is 0 Å². The summed E-state index contributed by atoms with van der Waals surface area (Å²) < 4.78 is 1.41. The van der Waals surface area contributed by atoms with Crippen LogP contribution in [-0.4, -0.2) is 16.6 Å². The third kappa shape index (κ3) is 2.73. The second-order valence-electron chi connectivity index (χ2n) is 3.51. The summed E-state index contributed by atoms with van der Waals surface area (Å²) in [6.07, 6.45) is 1.30. The number of hydrogen-bond donors (Lipinski definition) is 1. The Morgan fingerprint density at radius 3 is 2.67 bits per heavy atom. The first-order valence-corrected chi connectivity index (χ1v) is 7.00. The van der Waals surface area contributed by atoms with Crippen molar-refractivity contribution < 1.29 is 5.11 Å². The largest absolute Gasteiger partial charge is 0.508 e. The average molecular weight is 238 g/mol. The van der Waals surface area contributed by atoms with Crippen LogP contribution >= 0.6 is 23.5 Å². The van der Waals surface area contributed by atoms with Gasteiger partial charge in [-0.05, 0) is 48.1 Å². The van der Waals surface area contributed by atoms with Gasteiger partial charge in [0.05, 0.1) is 0 Å². The van der Waals surface area contributed by atoms with E-state index in [-0.39, 0.29) is 0 Å². The maximum Gasteiger partial charge on any atom is 0.116 e. The van der Waals surface area contributed by atoms with Crippen molar-refractivity contribution in [1.29, 1.82) is 0 Å². The van der Waals surface area contributed by atoms with Crippen LogP contribution in [0.2, 0.25) is 0 Å². The number of allylic oxidation sites excluding steroid dienone is 1. The molecular weight excluding hydrogens is 224 g/mol. The fourth-order valence-corrected chi connectivity index (χ4v) is 4.14.